The Hall–Kier alpha value is -3.25. The maximum atomic E-state index is 13.5. The Bertz CT molecular complexity index is 1320. The second kappa shape index (κ2) is 6.67. The number of halogens is 2. The summed E-state index contributed by atoms with van der Waals surface area (Å²) in [5, 5.41) is 0.396. The molecule has 0 saturated carbocycles. The molecule has 1 aliphatic heterocycles. The first-order chi connectivity index (χ1) is 14.0. The highest BCUT2D eigenvalue weighted by atomic mass is 79.9. The van der Waals surface area contributed by atoms with E-state index in [1.807, 2.05) is 30.3 Å². The standard InChI is InChI=1S/C23H13BrFNO3/c24-14-6-11-18-17(12-14)21(27)19-20(13-4-2-1-3-5-13)26(23(28)22(19)29-18)16-9-7-15(25)8-10-16/h1-12,20H. The molecule has 3 aromatic carbocycles. The van der Waals surface area contributed by atoms with E-state index in [4.69, 9.17) is 4.42 Å². The van der Waals surface area contributed by atoms with Crippen LogP contribution in [0.5, 0.6) is 0 Å². The summed E-state index contributed by atoms with van der Waals surface area (Å²) in [6, 6.07) is 19.3. The molecule has 4 aromatic rings. The lowest BCUT2D eigenvalue weighted by molar-refractivity contribution is 0.0971. The summed E-state index contributed by atoms with van der Waals surface area (Å²) in [4.78, 5) is 28.2. The number of anilines is 1. The second-order valence-electron chi connectivity index (χ2n) is 6.78. The molecular weight excluding hydrogens is 437 g/mol. The minimum absolute atomic E-state index is 0.0167. The summed E-state index contributed by atoms with van der Waals surface area (Å²) in [7, 11) is 0. The molecule has 1 aliphatic rings. The number of benzene rings is 3. The Morgan fingerprint density at radius 2 is 1.66 bits per heavy atom. The lowest BCUT2D eigenvalue weighted by Gasteiger charge is -2.25. The lowest BCUT2D eigenvalue weighted by Crippen LogP contribution is -2.29. The molecular formula is C23H13BrFNO3. The van der Waals surface area contributed by atoms with Crippen LogP contribution >= 0.6 is 15.9 Å². The third kappa shape index (κ3) is 2.79. The highest BCUT2D eigenvalue weighted by Crippen LogP contribution is 2.41. The number of hydrogen-bond acceptors (Lipinski definition) is 3. The summed E-state index contributed by atoms with van der Waals surface area (Å²) >= 11 is 3.38. The van der Waals surface area contributed by atoms with Gasteiger partial charge in [0.2, 0.25) is 5.76 Å². The first kappa shape index (κ1) is 17.8. The summed E-state index contributed by atoms with van der Waals surface area (Å²) in [5.74, 6) is -0.815. The smallest absolute Gasteiger partial charge is 0.295 e. The summed E-state index contributed by atoms with van der Waals surface area (Å²) in [6.45, 7) is 0. The zero-order valence-electron chi connectivity index (χ0n) is 14.9. The van der Waals surface area contributed by atoms with Gasteiger partial charge in [0.05, 0.1) is 17.0 Å². The first-order valence-electron chi connectivity index (χ1n) is 8.95. The van der Waals surface area contributed by atoms with Crippen LogP contribution in [0.4, 0.5) is 10.1 Å². The molecule has 1 unspecified atom stereocenters. The van der Waals surface area contributed by atoms with Gasteiger partial charge in [0, 0.05) is 10.2 Å². The van der Waals surface area contributed by atoms with Crippen molar-refractivity contribution >= 4 is 38.5 Å². The van der Waals surface area contributed by atoms with Gasteiger partial charge >= 0.3 is 0 Å². The van der Waals surface area contributed by atoms with Gasteiger partial charge in [0.25, 0.3) is 5.91 Å². The average molecular weight is 450 g/mol. The summed E-state index contributed by atoms with van der Waals surface area (Å²) in [6.07, 6.45) is 0. The van der Waals surface area contributed by atoms with Crippen LogP contribution in [0.2, 0.25) is 0 Å². The molecule has 1 amide bonds. The van der Waals surface area contributed by atoms with Crippen molar-refractivity contribution in [3.63, 3.8) is 0 Å². The van der Waals surface area contributed by atoms with Crippen molar-refractivity contribution < 1.29 is 13.6 Å². The maximum Gasteiger partial charge on any atom is 0.295 e. The molecule has 142 valence electrons. The minimum Gasteiger partial charge on any atom is -0.450 e. The van der Waals surface area contributed by atoms with E-state index in [9.17, 15) is 14.0 Å². The van der Waals surface area contributed by atoms with Crippen LogP contribution in [0.15, 0.2) is 86.5 Å². The van der Waals surface area contributed by atoms with Crippen molar-refractivity contribution in [1.82, 2.24) is 0 Å². The number of carbonyl (C=O) groups excluding carboxylic acids is 1. The van der Waals surface area contributed by atoms with Gasteiger partial charge in [-0.15, -0.1) is 0 Å². The number of amides is 1. The third-order valence-corrected chi connectivity index (χ3v) is 5.55. The fraction of sp³-hybridized carbons (Fsp3) is 0.0435. The number of fused-ring (bicyclic) bond motifs is 2. The quantitative estimate of drug-likeness (QED) is 0.409. The van der Waals surface area contributed by atoms with Crippen molar-refractivity contribution in [2.45, 2.75) is 6.04 Å². The van der Waals surface area contributed by atoms with Gasteiger partial charge in [-0.05, 0) is 48.0 Å². The summed E-state index contributed by atoms with van der Waals surface area (Å²) < 4.78 is 20.1. The van der Waals surface area contributed by atoms with Crippen molar-refractivity contribution in [1.29, 1.82) is 0 Å². The fourth-order valence-electron chi connectivity index (χ4n) is 3.76. The first-order valence-corrected chi connectivity index (χ1v) is 9.74. The molecule has 29 heavy (non-hydrogen) atoms. The van der Waals surface area contributed by atoms with Crippen molar-refractivity contribution in [3.8, 4) is 0 Å². The zero-order chi connectivity index (χ0) is 20.1. The van der Waals surface area contributed by atoms with E-state index >= 15 is 0 Å². The van der Waals surface area contributed by atoms with Crippen LogP contribution in [-0.2, 0) is 0 Å². The topological polar surface area (TPSA) is 50.5 Å². The molecule has 2 heterocycles. The lowest BCUT2D eigenvalue weighted by atomic mass is 9.98. The molecule has 0 N–H and O–H groups in total. The Morgan fingerprint density at radius 1 is 0.931 bits per heavy atom. The van der Waals surface area contributed by atoms with E-state index in [1.165, 1.54) is 29.2 Å². The van der Waals surface area contributed by atoms with Gasteiger partial charge in [-0.25, -0.2) is 4.39 Å². The van der Waals surface area contributed by atoms with Crippen LogP contribution in [0, 0.1) is 5.82 Å². The maximum absolute atomic E-state index is 13.5. The minimum atomic E-state index is -0.663. The number of nitrogens with zero attached hydrogens (tertiary/aromatic N) is 1. The van der Waals surface area contributed by atoms with Gasteiger partial charge in [0.1, 0.15) is 11.4 Å². The van der Waals surface area contributed by atoms with Crippen molar-refractivity contribution in [2.24, 2.45) is 0 Å². The van der Waals surface area contributed by atoms with Crippen LogP contribution < -0.4 is 10.3 Å². The molecule has 0 aliphatic carbocycles. The van der Waals surface area contributed by atoms with Crippen LogP contribution in [0.3, 0.4) is 0 Å². The molecule has 0 bridgehead atoms. The molecule has 5 rings (SSSR count). The van der Waals surface area contributed by atoms with Crippen molar-refractivity contribution in [2.75, 3.05) is 4.90 Å². The van der Waals surface area contributed by atoms with Gasteiger partial charge in [-0.2, -0.15) is 0 Å². The van der Waals surface area contributed by atoms with Gasteiger partial charge in [0.15, 0.2) is 5.43 Å². The molecule has 0 saturated heterocycles. The van der Waals surface area contributed by atoms with E-state index in [0.717, 1.165) is 10.0 Å². The molecule has 1 atom stereocenters. The monoisotopic (exact) mass is 449 g/mol. The number of carbonyl (C=O) groups is 1. The average Bonchev–Trinajstić information content (AvgIpc) is 3.03. The molecule has 4 nitrogen and oxygen atoms in total. The van der Waals surface area contributed by atoms with E-state index in [1.54, 1.807) is 18.2 Å². The Kier molecular flexibility index (Phi) is 4.10. The molecule has 0 fully saturated rings. The molecule has 0 spiro atoms. The van der Waals surface area contributed by atoms with Gasteiger partial charge in [-0.3, -0.25) is 14.5 Å². The molecule has 0 radical (unpaired) electrons. The zero-order valence-corrected chi connectivity index (χ0v) is 16.5. The van der Waals surface area contributed by atoms with Crippen LogP contribution in [0.25, 0.3) is 11.0 Å². The predicted octanol–water partition coefficient (Wildman–Crippen LogP) is 5.44. The fourth-order valence-corrected chi connectivity index (χ4v) is 4.12. The predicted molar refractivity (Wildman–Crippen MR) is 112 cm³/mol. The highest BCUT2D eigenvalue weighted by molar-refractivity contribution is 9.10. The second-order valence-corrected chi connectivity index (χ2v) is 7.69. The Balaban J connectivity index is 1.82. The normalized spacial score (nSPS) is 15.7. The van der Waals surface area contributed by atoms with E-state index < -0.39 is 17.8 Å². The van der Waals surface area contributed by atoms with Gasteiger partial charge in [-0.1, -0.05) is 46.3 Å². The van der Waals surface area contributed by atoms with Gasteiger partial charge < -0.3 is 4.42 Å². The van der Waals surface area contributed by atoms with Crippen LogP contribution in [-0.4, -0.2) is 5.91 Å². The number of rotatable bonds is 2. The summed E-state index contributed by atoms with van der Waals surface area (Å²) in [5.41, 5.74) is 1.63. The Labute approximate surface area is 173 Å². The SMILES string of the molecule is O=C1c2oc3ccc(Br)cc3c(=O)c2C(c2ccccc2)N1c1ccc(F)cc1. The largest absolute Gasteiger partial charge is 0.450 e. The van der Waals surface area contributed by atoms with E-state index in [0.29, 0.717) is 16.7 Å². The van der Waals surface area contributed by atoms with Crippen LogP contribution in [0.1, 0.15) is 27.7 Å². The number of hydrogen-bond donors (Lipinski definition) is 0. The molecule has 6 heteroatoms. The van der Waals surface area contributed by atoms with Crippen molar-refractivity contribution in [3.05, 3.63) is 110 Å². The highest BCUT2D eigenvalue weighted by Gasteiger charge is 2.43. The third-order valence-electron chi connectivity index (χ3n) is 5.05. The molecule has 1 aromatic heterocycles. The van der Waals surface area contributed by atoms with E-state index in [2.05, 4.69) is 15.9 Å². The Morgan fingerprint density at radius 3 is 2.38 bits per heavy atom. The van der Waals surface area contributed by atoms with E-state index in [-0.39, 0.29) is 16.8 Å².